The van der Waals surface area contributed by atoms with Crippen molar-refractivity contribution in [1.82, 2.24) is 15.2 Å². The third-order valence-corrected chi connectivity index (χ3v) is 5.40. The number of fused-ring (bicyclic) bond motifs is 1. The summed E-state index contributed by atoms with van der Waals surface area (Å²) in [5.74, 6) is 0. The molecule has 1 aromatic heterocycles. The molecule has 2 unspecified atom stereocenters. The Bertz CT molecular complexity index is 1190. The minimum absolute atomic E-state index is 0.119. The Kier molecular flexibility index (Phi) is 5.92. The van der Waals surface area contributed by atoms with Crippen LogP contribution in [-0.4, -0.2) is 35.1 Å². The maximum Gasteiger partial charge on any atom is 0.416 e. The molecule has 2 amide bonds. The number of rotatable bonds is 3. The monoisotopic (exact) mass is 445 g/mol. The average molecular weight is 445 g/mol. The zero-order chi connectivity index (χ0) is 22.9. The van der Waals surface area contributed by atoms with E-state index in [1.165, 1.54) is 17.0 Å². The number of halogens is 3. The van der Waals surface area contributed by atoms with Gasteiger partial charge < -0.3 is 19.9 Å². The van der Waals surface area contributed by atoms with Crippen LogP contribution in [0.25, 0.3) is 10.9 Å². The standard InChI is InChI=1S/C23H22F3N3O3/c1-14-12-29(13-20(32-14)15-5-4-6-17(9-15)23(24,25)26)22(31)27-11-16-10-21(30)28-19-8-3-2-7-18(16)19/h2-10,14,20H,11-13H2,1H3,(H,27,31)(H,28,30). The van der Waals surface area contributed by atoms with Crippen molar-refractivity contribution in [3.63, 3.8) is 0 Å². The molecule has 2 heterocycles. The van der Waals surface area contributed by atoms with Gasteiger partial charge in [-0.1, -0.05) is 30.3 Å². The fourth-order valence-electron chi connectivity index (χ4n) is 3.92. The quantitative estimate of drug-likeness (QED) is 0.634. The minimum atomic E-state index is -4.45. The number of nitrogens with zero attached hydrogens (tertiary/aromatic N) is 1. The third-order valence-electron chi connectivity index (χ3n) is 5.40. The normalized spacial score (nSPS) is 19.2. The molecule has 0 saturated carbocycles. The number of morpholine rings is 1. The van der Waals surface area contributed by atoms with Crippen LogP contribution in [-0.2, 0) is 17.5 Å². The molecule has 2 N–H and O–H groups in total. The van der Waals surface area contributed by atoms with Gasteiger partial charge in [0.05, 0.1) is 18.2 Å². The van der Waals surface area contributed by atoms with Gasteiger partial charge in [-0.05, 0) is 36.2 Å². The summed E-state index contributed by atoms with van der Waals surface area (Å²) in [7, 11) is 0. The summed E-state index contributed by atoms with van der Waals surface area (Å²) >= 11 is 0. The van der Waals surface area contributed by atoms with E-state index in [1.54, 1.807) is 19.1 Å². The largest absolute Gasteiger partial charge is 0.416 e. The van der Waals surface area contributed by atoms with Crippen molar-refractivity contribution in [1.29, 1.82) is 0 Å². The summed E-state index contributed by atoms with van der Waals surface area (Å²) in [4.78, 5) is 29.0. The lowest BCUT2D eigenvalue weighted by molar-refractivity contribution is -0.137. The fraction of sp³-hybridized carbons (Fsp3) is 0.304. The number of pyridine rings is 1. The molecular formula is C23H22F3N3O3. The number of aromatic nitrogens is 1. The van der Waals surface area contributed by atoms with Gasteiger partial charge in [0.15, 0.2) is 0 Å². The smallest absolute Gasteiger partial charge is 0.367 e. The molecule has 6 nitrogen and oxygen atoms in total. The number of carbonyl (C=O) groups is 1. The van der Waals surface area contributed by atoms with Crippen LogP contribution >= 0.6 is 0 Å². The lowest BCUT2D eigenvalue weighted by Gasteiger charge is -2.37. The summed E-state index contributed by atoms with van der Waals surface area (Å²) in [5.41, 5.74) is 0.693. The van der Waals surface area contributed by atoms with E-state index in [4.69, 9.17) is 4.74 Å². The molecule has 0 spiro atoms. The van der Waals surface area contributed by atoms with Crippen molar-refractivity contribution >= 4 is 16.9 Å². The number of ether oxygens (including phenoxy) is 1. The highest BCUT2D eigenvalue weighted by atomic mass is 19.4. The Labute approximate surface area is 182 Å². The van der Waals surface area contributed by atoms with Crippen molar-refractivity contribution in [2.75, 3.05) is 13.1 Å². The van der Waals surface area contributed by atoms with Crippen LogP contribution in [0.5, 0.6) is 0 Å². The van der Waals surface area contributed by atoms with Crippen LogP contribution < -0.4 is 10.9 Å². The van der Waals surface area contributed by atoms with Crippen LogP contribution in [0.1, 0.15) is 29.7 Å². The molecule has 1 aliphatic rings. The fourth-order valence-corrected chi connectivity index (χ4v) is 3.92. The lowest BCUT2D eigenvalue weighted by atomic mass is 10.0. The summed E-state index contributed by atoms with van der Waals surface area (Å²) in [5, 5.41) is 3.64. The number of hydrogen-bond acceptors (Lipinski definition) is 3. The molecule has 4 rings (SSSR count). The Hall–Kier alpha value is -3.33. The summed E-state index contributed by atoms with van der Waals surface area (Å²) in [6, 6.07) is 13.3. The van der Waals surface area contributed by atoms with Gasteiger partial charge in [-0.2, -0.15) is 13.2 Å². The third kappa shape index (κ3) is 4.77. The molecule has 0 aliphatic carbocycles. The van der Waals surface area contributed by atoms with E-state index in [0.717, 1.165) is 17.5 Å². The summed E-state index contributed by atoms with van der Waals surface area (Å²) in [6.07, 6.45) is -5.48. The van der Waals surface area contributed by atoms with E-state index in [2.05, 4.69) is 10.3 Å². The highest BCUT2D eigenvalue weighted by molar-refractivity contribution is 5.82. The molecule has 1 fully saturated rings. The second-order valence-electron chi connectivity index (χ2n) is 7.83. The molecule has 3 aromatic rings. The Morgan fingerprint density at radius 2 is 1.94 bits per heavy atom. The summed E-state index contributed by atoms with van der Waals surface area (Å²) < 4.78 is 45.1. The number of H-pyrrole nitrogens is 1. The number of nitrogens with one attached hydrogen (secondary N) is 2. The van der Waals surface area contributed by atoms with Crippen molar-refractivity contribution in [3.8, 4) is 0 Å². The van der Waals surface area contributed by atoms with Crippen molar-refractivity contribution in [2.24, 2.45) is 0 Å². The van der Waals surface area contributed by atoms with Gasteiger partial charge >= 0.3 is 12.2 Å². The number of amides is 2. The molecular weight excluding hydrogens is 423 g/mol. The Morgan fingerprint density at radius 1 is 1.16 bits per heavy atom. The first-order valence-corrected chi connectivity index (χ1v) is 10.2. The van der Waals surface area contributed by atoms with Crippen LogP contribution in [0.2, 0.25) is 0 Å². The van der Waals surface area contributed by atoms with Gasteiger partial charge in [0.25, 0.3) is 0 Å². The molecule has 32 heavy (non-hydrogen) atoms. The number of hydrogen-bond donors (Lipinski definition) is 2. The zero-order valence-electron chi connectivity index (χ0n) is 17.3. The van der Waals surface area contributed by atoms with Crippen LogP contribution in [0, 0.1) is 0 Å². The van der Waals surface area contributed by atoms with Gasteiger partial charge in [-0.25, -0.2) is 4.79 Å². The molecule has 1 aliphatic heterocycles. The highest BCUT2D eigenvalue weighted by Crippen LogP contribution is 2.33. The first-order chi connectivity index (χ1) is 15.2. The van der Waals surface area contributed by atoms with Gasteiger partial charge in [0, 0.05) is 30.1 Å². The Balaban J connectivity index is 1.48. The summed E-state index contributed by atoms with van der Waals surface area (Å²) in [6.45, 7) is 2.33. The predicted molar refractivity (Wildman–Crippen MR) is 113 cm³/mol. The number of carbonyl (C=O) groups excluding carboxylic acids is 1. The maximum absolute atomic E-state index is 13.1. The molecule has 0 radical (unpaired) electrons. The van der Waals surface area contributed by atoms with Crippen molar-refractivity contribution < 1.29 is 22.7 Å². The molecule has 2 atom stereocenters. The average Bonchev–Trinajstić information content (AvgIpc) is 2.76. The van der Waals surface area contributed by atoms with E-state index < -0.39 is 17.8 Å². The van der Waals surface area contributed by atoms with Crippen molar-refractivity contribution in [2.45, 2.75) is 31.9 Å². The van der Waals surface area contributed by atoms with E-state index in [1.807, 2.05) is 18.2 Å². The molecule has 9 heteroatoms. The minimum Gasteiger partial charge on any atom is -0.367 e. The number of urea groups is 1. The zero-order valence-corrected chi connectivity index (χ0v) is 17.3. The number of alkyl halides is 3. The Morgan fingerprint density at radius 3 is 2.72 bits per heavy atom. The molecule has 168 valence electrons. The second kappa shape index (κ2) is 8.66. The van der Waals surface area contributed by atoms with Gasteiger partial charge in [-0.3, -0.25) is 4.79 Å². The van der Waals surface area contributed by atoms with Gasteiger partial charge in [0.1, 0.15) is 6.10 Å². The first kappa shape index (κ1) is 21.9. The second-order valence-corrected chi connectivity index (χ2v) is 7.83. The van der Waals surface area contributed by atoms with Crippen LogP contribution in [0.3, 0.4) is 0 Å². The lowest BCUT2D eigenvalue weighted by Crippen LogP contribution is -2.49. The first-order valence-electron chi connectivity index (χ1n) is 10.2. The SMILES string of the molecule is CC1CN(C(=O)NCc2cc(=O)[nH]c3ccccc23)CC(c2cccc(C(F)(F)F)c2)O1. The molecule has 1 saturated heterocycles. The molecule has 2 aromatic carbocycles. The van der Waals surface area contributed by atoms with E-state index in [-0.39, 0.29) is 30.8 Å². The van der Waals surface area contributed by atoms with E-state index >= 15 is 0 Å². The van der Waals surface area contributed by atoms with Gasteiger partial charge in [-0.15, -0.1) is 0 Å². The number of benzene rings is 2. The number of para-hydroxylation sites is 1. The van der Waals surface area contributed by atoms with E-state index in [0.29, 0.717) is 23.2 Å². The number of aromatic amines is 1. The predicted octanol–water partition coefficient (Wildman–Crippen LogP) is 4.22. The topological polar surface area (TPSA) is 74.4 Å². The highest BCUT2D eigenvalue weighted by Gasteiger charge is 2.33. The maximum atomic E-state index is 13.1. The van der Waals surface area contributed by atoms with Gasteiger partial charge in [0.2, 0.25) is 5.56 Å². The van der Waals surface area contributed by atoms with E-state index in [9.17, 15) is 22.8 Å². The van der Waals surface area contributed by atoms with Crippen LogP contribution in [0.4, 0.5) is 18.0 Å². The van der Waals surface area contributed by atoms with Crippen LogP contribution in [0.15, 0.2) is 59.4 Å². The van der Waals surface area contributed by atoms with Crippen molar-refractivity contribution in [3.05, 3.63) is 81.6 Å². The molecule has 0 bridgehead atoms.